The number of nitrogens with zero attached hydrogens (tertiary/aromatic N) is 2. The minimum Gasteiger partial charge on any atom is -0.496 e. The topological polar surface area (TPSA) is 18.0 Å². The minimum atomic E-state index is -1.20. The van der Waals surface area contributed by atoms with E-state index in [1.807, 2.05) is 24.3 Å². The third-order valence-electron chi connectivity index (χ3n) is 6.35. The molecule has 0 unspecified atom stereocenters. The Morgan fingerprint density at radius 3 is 2.56 bits per heavy atom. The van der Waals surface area contributed by atoms with Crippen molar-refractivity contribution in [2.24, 2.45) is 5.92 Å². The van der Waals surface area contributed by atoms with Crippen LogP contribution in [0.5, 0.6) is 5.75 Å². The number of hydrogen-bond donors (Lipinski definition) is 0. The minimum absolute atomic E-state index is 0.0559. The highest BCUT2D eigenvalue weighted by molar-refractivity contribution is 5.59. The van der Waals surface area contributed by atoms with Gasteiger partial charge in [0, 0.05) is 17.4 Å². The molecule has 2 aromatic carbocycles. The van der Waals surface area contributed by atoms with E-state index in [-0.39, 0.29) is 11.8 Å². The number of para-hydroxylation sites is 1. The fourth-order valence-electron chi connectivity index (χ4n) is 4.73. The van der Waals surface area contributed by atoms with Gasteiger partial charge in [-0.15, -0.1) is 6.58 Å². The van der Waals surface area contributed by atoms with Crippen molar-refractivity contribution < 1.29 is 4.74 Å². The molecule has 3 nitrogen and oxygen atoms in total. The summed E-state index contributed by atoms with van der Waals surface area (Å²) >= 11 is 0. The average Bonchev–Trinajstić information content (AvgIpc) is 2.84. The Bertz CT molecular complexity index is 1080. The number of benzene rings is 2. The molecule has 3 rings (SSSR count). The number of allylic oxidation sites excluding steroid dienone is 2. The van der Waals surface area contributed by atoms with Crippen LogP contribution in [-0.4, -0.2) is 12.8 Å². The van der Waals surface area contributed by atoms with Crippen LogP contribution >= 0.6 is 0 Å². The maximum absolute atomic E-state index is 7.90. The number of hydrogen-bond acceptors (Lipinski definition) is 1. The molecule has 32 heavy (non-hydrogen) atoms. The standard InChI is InChI=1S/C29H30N2O/c1-6-21-29(30-3,31-4)27-17-11-10-16-26(27)25(24-15-9-7-13-22(24)2)20-19-23-14-8-12-18-28(23)32-5/h6-9,12-15,17-20,25-26H,1,10-11,16,21H2,2,5H3/b20-19+/t25-,26-/m0/s1. The lowest BCUT2D eigenvalue weighted by Crippen LogP contribution is -2.32. The largest absolute Gasteiger partial charge is 0.509 e. The third kappa shape index (κ3) is 4.68. The molecule has 1 aliphatic carbocycles. The van der Waals surface area contributed by atoms with E-state index in [9.17, 15) is 0 Å². The van der Waals surface area contributed by atoms with Crippen LogP contribution in [0.2, 0.25) is 0 Å². The molecule has 0 radical (unpaired) electrons. The van der Waals surface area contributed by atoms with E-state index in [0.29, 0.717) is 6.42 Å². The van der Waals surface area contributed by atoms with E-state index in [1.165, 1.54) is 11.1 Å². The number of ether oxygens (including phenoxy) is 1. The normalized spacial score (nSPS) is 17.1. The van der Waals surface area contributed by atoms with Gasteiger partial charge in [0.25, 0.3) is 0 Å². The highest BCUT2D eigenvalue weighted by atomic mass is 16.5. The Hall–Kier alpha value is -3.56. The van der Waals surface area contributed by atoms with Gasteiger partial charge >= 0.3 is 5.66 Å². The summed E-state index contributed by atoms with van der Waals surface area (Å²) in [5.74, 6) is 0.967. The summed E-state index contributed by atoms with van der Waals surface area (Å²) in [7, 11) is 1.68. The fraction of sp³-hybridized carbons (Fsp3) is 0.310. The van der Waals surface area contributed by atoms with Crippen LogP contribution in [0.4, 0.5) is 0 Å². The molecule has 0 spiro atoms. The predicted molar refractivity (Wildman–Crippen MR) is 132 cm³/mol. The van der Waals surface area contributed by atoms with Gasteiger partial charge in [0.05, 0.1) is 7.11 Å². The van der Waals surface area contributed by atoms with Crippen LogP contribution in [0, 0.1) is 26.0 Å². The zero-order chi connectivity index (χ0) is 23.0. The summed E-state index contributed by atoms with van der Waals surface area (Å²) in [6, 6.07) is 16.4. The molecule has 2 atom stereocenters. The van der Waals surface area contributed by atoms with Gasteiger partial charge < -0.3 is 4.74 Å². The van der Waals surface area contributed by atoms with Gasteiger partial charge in [-0.2, -0.15) is 0 Å². The van der Waals surface area contributed by atoms with Crippen LogP contribution in [-0.2, 0) is 0 Å². The highest BCUT2D eigenvalue weighted by Gasteiger charge is 2.52. The Balaban J connectivity index is 2.13. The molecule has 3 heteroatoms. The quantitative estimate of drug-likeness (QED) is 0.316. The molecule has 0 N–H and O–H groups in total. The van der Waals surface area contributed by atoms with Crippen LogP contribution in [0.3, 0.4) is 0 Å². The summed E-state index contributed by atoms with van der Waals surface area (Å²) in [5.41, 5.74) is 3.21. The molecule has 0 saturated heterocycles. The molecular formula is C29H30N2O. The first kappa shape index (κ1) is 23.1. The fourth-order valence-corrected chi connectivity index (χ4v) is 4.73. The van der Waals surface area contributed by atoms with Crippen LogP contribution in [0.25, 0.3) is 15.8 Å². The van der Waals surface area contributed by atoms with Gasteiger partial charge in [-0.25, -0.2) is 22.8 Å². The Labute approximate surface area is 192 Å². The monoisotopic (exact) mass is 422 g/mol. The Kier molecular flexibility index (Phi) is 7.69. The van der Waals surface area contributed by atoms with E-state index in [0.717, 1.165) is 36.1 Å². The Morgan fingerprint density at radius 2 is 1.88 bits per heavy atom. The van der Waals surface area contributed by atoms with Crippen molar-refractivity contribution in [3.8, 4) is 5.75 Å². The van der Waals surface area contributed by atoms with Gasteiger partial charge in [0.15, 0.2) is 0 Å². The number of aryl methyl sites for hydroxylation is 1. The van der Waals surface area contributed by atoms with Crippen molar-refractivity contribution in [1.29, 1.82) is 0 Å². The van der Waals surface area contributed by atoms with Crippen LogP contribution in [0.1, 0.15) is 48.3 Å². The summed E-state index contributed by atoms with van der Waals surface area (Å²) in [6.45, 7) is 21.8. The molecule has 0 amide bonds. The SMILES string of the molecule is [C-]#[N+]C(CC=C)([N+]#[C-])C1=CCCC[C@H]1[C@@H](/C=C/c1ccccc1OC)c1ccccc1C. The smallest absolute Gasteiger partial charge is 0.496 e. The Morgan fingerprint density at radius 1 is 1.16 bits per heavy atom. The van der Waals surface area contributed by atoms with E-state index in [1.54, 1.807) is 13.2 Å². The van der Waals surface area contributed by atoms with Crippen molar-refractivity contribution in [1.82, 2.24) is 0 Å². The van der Waals surface area contributed by atoms with Gasteiger partial charge in [0.1, 0.15) is 17.7 Å². The van der Waals surface area contributed by atoms with Gasteiger partial charge in [-0.3, -0.25) is 0 Å². The molecule has 0 fully saturated rings. The summed E-state index contributed by atoms with van der Waals surface area (Å²) in [6.07, 6.45) is 11.5. The van der Waals surface area contributed by atoms with Crippen molar-refractivity contribution in [3.05, 3.63) is 118 Å². The molecule has 0 heterocycles. The second kappa shape index (κ2) is 10.7. The summed E-state index contributed by atoms with van der Waals surface area (Å²) in [5, 5.41) is 0. The van der Waals surface area contributed by atoms with E-state index in [4.69, 9.17) is 17.9 Å². The lowest BCUT2D eigenvalue weighted by Gasteiger charge is -2.31. The molecule has 1 aliphatic rings. The highest BCUT2D eigenvalue weighted by Crippen LogP contribution is 2.46. The van der Waals surface area contributed by atoms with E-state index >= 15 is 0 Å². The molecule has 0 aliphatic heterocycles. The lowest BCUT2D eigenvalue weighted by atomic mass is 9.70. The first-order valence-corrected chi connectivity index (χ1v) is 11.1. The second-order valence-corrected chi connectivity index (χ2v) is 8.21. The maximum Gasteiger partial charge on any atom is 0.509 e. The molecular weight excluding hydrogens is 392 g/mol. The third-order valence-corrected chi connectivity index (χ3v) is 6.35. The molecule has 2 aromatic rings. The predicted octanol–water partition coefficient (Wildman–Crippen LogP) is 7.64. The molecule has 0 bridgehead atoms. The zero-order valence-electron chi connectivity index (χ0n) is 18.9. The molecule has 162 valence electrons. The van der Waals surface area contributed by atoms with Crippen molar-refractivity contribution >= 4 is 6.08 Å². The van der Waals surface area contributed by atoms with E-state index in [2.05, 4.69) is 65.7 Å². The second-order valence-electron chi connectivity index (χ2n) is 8.21. The van der Waals surface area contributed by atoms with Crippen LogP contribution in [0.15, 0.2) is 78.9 Å². The number of methoxy groups -OCH3 is 1. The van der Waals surface area contributed by atoms with Crippen molar-refractivity contribution in [3.63, 3.8) is 0 Å². The summed E-state index contributed by atoms with van der Waals surface area (Å²) < 4.78 is 5.54. The first-order valence-electron chi connectivity index (χ1n) is 11.1. The lowest BCUT2D eigenvalue weighted by molar-refractivity contribution is 0.413. The maximum atomic E-state index is 7.90. The van der Waals surface area contributed by atoms with Gasteiger partial charge in [-0.1, -0.05) is 66.8 Å². The average molecular weight is 423 g/mol. The first-order chi connectivity index (χ1) is 15.6. The van der Waals surface area contributed by atoms with Crippen molar-refractivity contribution in [2.45, 2.75) is 44.2 Å². The van der Waals surface area contributed by atoms with Crippen LogP contribution < -0.4 is 4.74 Å². The zero-order valence-corrected chi connectivity index (χ0v) is 18.9. The molecule has 0 saturated carbocycles. The van der Waals surface area contributed by atoms with E-state index < -0.39 is 5.66 Å². The van der Waals surface area contributed by atoms with Gasteiger partial charge in [-0.05, 0) is 43.4 Å². The number of rotatable bonds is 8. The summed E-state index contributed by atoms with van der Waals surface area (Å²) in [4.78, 5) is 7.72. The van der Waals surface area contributed by atoms with Crippen molar-refractivity contribution in [2.75, 3.05) is 7.11 Å². The van der Waals surface area contributed by atoms with Gasteiger partial charge in [0.2, 0.25) is 0 Å². The molecule has 0 aromatic heterocycles.